The summed E-state index contributed by atoms with van der Waals surface area (Å²) in [5.74, 6) is 1.80. The highest BCUT2D eigenvalue weighted by Crippen LogP contribution is 2.32. The molecule has 0 unspecified atom stereocenters. The molecule has 28 heavy (non-hydrogen) atoms. The maximum absolute atomic E-state index is 12.7. The highest BCUT2D eigenvalue weighted by Gasteiger charge is 2.15. The molecule has 0 aliphatic rings. The first-order chi connectivity index (χ1) is 13.5. The van der Waals surface area contributed by atoms with Crippen LogP contribution in [0.2, 0.25) is 0 Å². The van der Waals surface area contributed by atoms with Crippen molar-refractivity contribution in [1.82, 2.24) is 19.1 Å². The van der Waals surface area contributed by atoms with Crippen molar-refractivity contribution in [3.8, 4) is 11.5 Å². The van der Waals surface area contributed by atoms with Gasteiger partial charge in [0.25, 0.3) is 0 Å². The third-order valence-electron chi connectivity index (χ3n) is 4.76. The third-order valence-corrected chi connectivity index (χ3v) is 4.76. The number of ether oxygens (including phenoxy) is 2. The SMILES string of the molecule is COc1cc2nc(C)n(CC(=O)Nc3ccc4ncn(C)c4c3)c2cc1OC. The highest BCUT2D eigenvalue weighted by molar-refractivity contribution is 5.94. The number of nitrogens with zero attached hydrogens (tertiary/aromatic N) is 4. The van der Waals surface area contributed by atoms with Crippen LogP contribution in [-0.4, -0.2) is 39.2 Å². The number of imidazole rings is 2. The normalized spacial score (nSPS) is 11.1. The van der Waals surface area contributed by atoms with Gasteiger partial charge in [0.1, 0.15) is 12.4 Å². The molecule has 1 amide bonds. The Kier molecular flexibility index (Phi) is 4.38. The van der Waals surface area contributed by atoms with Gasteiger partial charge >= 0.3 is 0 Å². The molecular formula is C20H21N5O3. The molecule has 0 fully saturated rings. The molecule has 0 aliphatic heterocycles. The molecule has 4 rings (SSSR count). The lowest BCUT2D eigenvalue weighted by atomic mass is 10.2. The van der Waals surface area contributed by atoms with Gasteiger partial charge < -0.3 is 23.9 Å². The van der Waals surface area contributed by atoms with Gasteiger partial charge in [0.05, 0.1) is 42.6 Å². The topological polar surface area (TPSA) is 83.2 Å². The summed E-state index contributed by atoms with van der Waals surface area (Å²) in [5.41, 5.74) is 4.13. The molecule has 2 aromatic carbocycles. The first kappa shape index (κ1) is 17.8. The lowest BCUT2D eigenvalue weighted by molar-refractivity contribution is -0.116. The van der Waals surface area contributed by atoms with E-state index in [-0.39, 0.29) is 12.5 Å². The van der Waals surface area contributed by atoms with Gasteiger partial charge in [0.15, 0.2) is 11.5 Å². The summed E-state index contributed by atoms with van der Waals surface area (Å²) in [6.45, 7) is 2.01. The van der Waals surface area contributed by atoms with Crippen LogP contribution in [0.3, 0.4) is 0 Å². The summed E-state index contributed by atoms with van der Waals surface area (Å²) in [6.07, 6.45) is 1.75. The maximum Gasteiger partial charge on any atom is 0.244 e. The Bertz CT molecular complexity index is 1190. The number of hydrogen-bond donors (Lipinski definition) is 1. The second kappa shape index (κ2) is 6.88. The van der Waals surface area contributed by atoms with Crippen LogP contribution < -0.4 is 14.8 Å². The predicted octanol–water partition coefficient (Wildman–Crippen LogP) is 2.89. The average Bonchev–Trinajstić information content (AvgIpc) is 3.20. The maximum atomic E-state index is 12.7. The van der Waals surface area contributed by atoms with E-state index in [2.05, 4.69) is 15.3 Å². The van der Waals surface area contributed by atoms with Crippen LogP contribution >= 0.6 is 0 Å². The Balaban J connectivity index is 1.62. The van der Waals surface area contributed by atoms with Crippen molar-refractivity contribution in [3.05, 3.63) is 42.5 Å². The van der Waals surface area contributed by atoms with Crippen LogP contribution in [0.4, 0.5) is 5.69 Å². The van der Waals surface area contributed by atoms with E-state index in [1.165, 1.54) is 0 Å². The lowest BCUT2D eigenvalue weighted by Crippen LogP contribution is -2.19. The number of aromatic nitrogens is 4. The number of carbonyl (C=O) groups excluding carboxylic acids is 1. The molecule has 8 nitrogen and oxygen atoms in total. The molecule has 0 atom stereocenters. The van der Waals surface area contributed by atoms with Crippen molar-refractivity contribution >= 4 is 33.7 Å². The van der Waals surface area contributed by atoms with Crippen LogP contribution in [0, 0.1) is 6.92 Å². The molecule has 4 aromatic rings. The van der Waals surface area contributed by atoms with Gasteiger partial charge in [-0.25, -0.2) is 9.97 Å². The molecular weight excluding hydrogens is 358 g/mol. The summed E-state index contributed by atoms with van der Waals surface area (Å²) in [4.78, 5) is 21.5. The zero-order chi connectivity index (χ0) is 19.8. The summed E-state index contributed by atoms with van der Waals surface area (Å²) < 4.78 is 14.5. The van der Waals surface area contributed by atoms with Crippen LogP contribution in [0.25, 0.3) is 22.1 Å². The van der Waals surface area contributed by atoms with Gasteiger partial charge in [-0.05, 0) is 25.1 Å². The van der Waals surface area contributed by atoms with E-state index < -0.39 is 0 Å². The first-order valence-corrected chi connectivity index (χ1v) is 8.80. The third kappa shape index (κ3) is 3.02. The Morgan fingerprint density at radius 3 is 2.57 bits per heavy atom. The number of fused-ring (bicyclic) bond motifs is 2. The number of rotatable bonds is 5. The van der Waals surface area contributed by atoms with E-state index in [0.717, 1.165) is 33.6 Å². The second-order valence-electron chi connectivity index (χ2n) is 6.55. The minimum Gasteiger partial charge on any atom is -0.493 e. The fraction of sp³-hybridized carbons (Fsp3) is 0.250. The average molecular weight is 379 g/mol. The molecule has 0 spiro atoms. The van der Waals surface area contributed by atoms with Crippen LogP contribution in [-0.2, 0) is 18.4 Å². The number of anilines is 1. The highest BCUT2D eigenvalue weighted by atomic mass is 16.5. The Morgan fingerprint density at radius 1 is 1.07 bits per heavy atom. The van der Waals surface area contributed by atoms with E-state index in [1.807, 2.05) is 53.4 Å². The van der Waals surface area contributed by atoms with E-state index >= 15 is 0 Å². The van der Waals surface area contributed by atoms with Crippen molar-refractivity contribution in [2.24, 2.45) is 7.05 Å². The summed E-state index contributed by atoms with van der Waals surface area (Å²) in [7, 11) is 5.09. The van der Waals surface area contributed by atoms with E-state index in [4.69, 9.17) is 9.47 Å². The number of nitrogens with one attached hydrogen (secondary N) is 1. The van der Waals surface area contributed by atoms with Gasteiger partial charge in [-0.15, -0.1) is 0 Å². The Morgan fingerprint density at radius 2 is 1.82 bits per heavy atom. The number of benzene rings is 2. The number of hydrogen-bond acceptors (Lipinski definition) is 5. The van der Waals surface area contributed by atoms with Crippen molar-refractivity contribution in [1.29, 1.82) is 0 Å². The molecule has 144 valence electrons. The predicted molar refractivity (Wildman–Crippen MR) is 107 cm³/mol. The minimum atomic E-state index is -0.140. The van der Waals surface area contributed by atoms with Gasteiger partial charge in [-0.3, -0.25) is 4.79 Å². The van der Waals surface area contributed by atoms with Gasteiger partial charge in [0, 0.05) is 24.9 Å². The molecule has 2 heterocycles. The standard InChI is InChI=1S/C20H21N5O3/c1-12-22-15-8-18(27-3)19(28-4)9-17(15)25(12)10-20(26)23-13-5-6-14-16(7-13)24(2)11-21-14/h5-9,11H,10H2,1-4H3,(H,23,26). The van der Waals surface area contributed by atoms with Gasteiger partial charge in [-0.1, -0.05) is 0 Å². The zero-order valence-corrected chi connectivity index (χ0v) is 16.2. The molecule has 0 aliphatic carbocycles. The molecule has 0 saturated heterocycles. The number of methoxy groups -OCH3 is 2. The summed E-state index contributed by atoms with van der Waals surface area (Å²) in [5, 5.41) is 2.95. The number of amides is 1. The molecule has 1 N–H and O–H groups in total. The Hall–Kier alpha value is -3.55. The minimum absolute atomic E-state index is 0.140. The summed E-state index contributed by atoms with van der Waals surface area (Å²) in [6, 6.07) is 9.29. The largest absolute Gasteiger partial charge is 0.493 e. The summed E-state index contributed by atoms with van der Waals surface area (Å²) >= 11 is 0. The first-order valence-electron chi connectivity index (χ1n) is 8.80. The van der Waals surface area contributed by atoms with Crippen molar-refractivity contribution in [2.75, 3.05) is 19.5 Å². The molecule has 8 heteroatoms. The molecule has 0 bridgehead atoms. The molecule has 0 radical (unpaired) electrons. The van der Waals surface area contributed by atoms with Crippen LogP contribution in [0.1, 0.15) is 5.82 Å². The second-order valence-corrected chi connectivity index (χ2v) is 6.55. The van der Waals surface area contributed by atoms with E-state index in [1.54, 1.807) is 20.5 Å². The fourth-order valence-electron chi connectivity index (χ4n) is 3.32. The number of carbonyl (C=O) groups is 1. The lowest BCUT2D eigenvalue weighted by Gasteiger charge is -2.11. The van der Waals surface area contributed by atoms with Crippen molar-refractivity contribution < 1.29 is 14.3 Å². The Labute approximate surface area is 161 Å². The molecule has 0 saturated carbocycles. The van der Waals surface area contributed by atoms with Crippen molar-refractivity contribution in [2.45, 2.75) is 13.5 Å². The van der Waals surface area contributed by atoms with Gasteiger partial charge in [-0.2, -0.15) is 0 Å². The molecule has 2 aromatic heterocycles. The number of aryl methyl sites for hydroxylation is 2. The van der Waals surface area contributed by atoms with E-state index in [9.17, 15) is 4.79 Å². The van der Waals surface area contributed by atoms with Crippen LogP contribution in [0.5, 0.6) is 11.5 Å². The van der Waals surface area contributed by atoms with Crippen molar-refractivity contribution in [3.63, 3.8) is 0 Å². The van der Waals surface area contributed by atoms with E-state index in [0.29, 0.717) is 11.5 Å². The smallest absolute Gasteiger partial charge is 0.244 e. The fourth-order valence-corrected chi connectivity index (χ4v) is 3.32. The van der Waals surface area contributed by atoms with Gasteiger partial charge in [0.2, 0.25) is 5.91 Å². The monoisotopic (exact) mass is 379 g/mol. The zero-order valence-electron chi connectivity index (χ0n) is 16.2. The van der Waals surface area contributed by atoms with Crippen LogP contribution in [0.15, 0.2) is 36.7 Å². The quantitative estimate of drug-likeness (QED) is 0.576.